The van der Waals surface area contributed by atoms with E-state index in [2.05, 4.69) is 17.6 Å². The van der Waals surface area contributed by atoms with Gasteiger partial charge < -0.3 is 25.0 Å². The van der Waals surface area contributed by atoms with Crippen LogP contribution in [0.15, 0.2) is 18.2 Å². The number of carbonyl (C=O) groups excluding carboxylic acids is 4. The molecule has 9 nitrogen and oxygen atoms in total. The molecule has 0 radical (unpaired) electrons. The summed E-state index contributed by atoms with van der Waals surface area (Å²) in [5.41, 5.74) is 1.79. The van der Waals surface area contributed by atoms with Crippen LogP contribution in [-0.2, 0) is 23.9 Å². The minimum atomic E-state index is -0.936. The van der Waals surface area contributed by atoms with E-state index >= 15 is 0 Å². The third-order valence-corrected chi connectivity index (χ3v) is 5.61. The topological polar surface area (TPSA) is 114 Å². The minimum absolute atomic E-state index is 0.0273. The number of nitrogens with zero attached hydrogens (tertiary/aromatic N) is 1. The van der Waals surface area contributed by atoms with Crippen molar-refractivity contribution in [2.45, 2.75) is 98.8 Å². The lowest BCUT2D eigenvalue weighted by molar-refractivity contribution is -0.144. The minimum Gasteiger partial charge on any atom is -0.466 e. The number of alkyl carbamates (subject to hydrolysis) is 1. The van der Waals surface area contributed by atoms with Gasteiger partial charge in [0.1, 0.15) is 17.7 Å². The molecule has 2 unspecified atom stereocenters. The van der Waals surface area contributed by atoms with Crippen molar-refractivity contribution in [1.29, 1.82) is 0 Å². The number of carbonyl (C=O) groups is 4. The van der Waals surface area contributed by atoms with Crippen LogP contribution in [0.1, 0.15) is 90.0 Å². The molecule has 3 amide bonds. The van der Waals surface area contributed by atoms with Crippen molar-refractivity contribution in [2.24, 2.45) is 0 Å². The first kappa shape index (κ1) is 31.9. The molecule has 37 heavy (non-hydrogen) atoms. The lowest BCUT2D eigenvalue weighted by Crippen LogP contribution is -2.52. The van der Waals surface area contributed by atoms with Gasteiger partial charge in [0, 0.05) is 13.1 Å². The van der Waals surface area contributed by atoms with Crippen LogP contribution in [0.5, 0.6) is 0 Å². The summed E-state index contributed by atoms with van der Waals surface area (Å²) in [6.45, 7) is 15.1. The van der Waals surface area contributed by atoms with Gasteiger partial charge in [-0.05, 0) is 66.0 Å². The molecule has 0 saturated heterocycles. The zero-order chi connectivity index (χ0) is 28.2. The standard InChI is InChI=1S/C28H45N3O6/c1-9-11-12-17-31(26(34)21(5)30-27(35)37-28(6,7)8)24(22-18-19(3)13-14-20(22)4)25(33)29-16-15-23(32)36-10-2/h13-14,18,21,24H,9-12,15-17H2,1-8H3,(H,29,33)(H,30,35). The van der Waals surface area contributed by atoms with E-state index < -0.39 is 41.6 Å². The second kappa shape index (κ2) is 15.2. The molecular weight excluding hydrogens is 474 g/mol. The molecule has 0 aliphatic rings. The predicted molar refractivity (Wildman–Crippen MR) is 143 cm³/mol. The Hall–Kier alpha value is -3.10. The van der Waals surface area contributed by atoms with E-state index in [9.17, 15) is 19.2 Å². The molecule has 2 atom stereocenters. The molecule has 0 bridgehead atoms. The Balaban J connectivity index is 3.33. The number of aryl methyl sites for hydroxylation is 2. The average Bonchev–Trinajstić information content (AvgIpc) is 2.79. The van der Waals surface area contributed by atoms with Crippen molar-refractivity contribution in [3.8, 4) is 0 Å². The van der Waals surface area contributed by atoms with Gasteiger partial charge in [0.25, 0.3) is 0 Å². The van der Waals surface area contributed by atoms with Crippen molar-refractivity contribution in [3.05, 3.63) is 34.9 Å². The van der Waals surface area contributed by atoms with Crippen LogP contribution < -0.4 is 10.6 Å². The van der Waals surface area contributed by atoms with Gasteiger partial charge >= 0.3 is 12.1 Å². The Labute approximate surface area is 221 Å². The Morgan fingerprint density at radius 3 is 2.32 bits per heavy atom. The number of unbranched alkanes of at least 4 members (excludes halogenated alkanes) is 2. The van der Waals surface area contributed by atoms with Gasteiger partial charge in [-0.15, -0.1) is 0 Å². The van der Waals surface area contributed by atoms with Crippen LogP contribution in [0.4, 0.5) is 4.79 Å². The van der Waals surface area contributed by atoms with Crippen LogP contribution in [0, 0.1) is 13.8 Å². The molecule has 0 spiro atoms. The second-order valence-corrected chi connectivity index (χ2v) is 10.2. The fraction of sp³-hybridized carbons (Fsp3) is 0.643. The highest BCUT2D eigenvalue weighted by Gasteiger charge is 2.35. The maximum atomic E-state index is 13.7. The van der Waals surface area contributed by atoms with Gasteiger partial charge in [-0.1, -0.05) is 43.5 Å². The zero-order valence-electron chi connectivity index (χ0n) is 23.7. The Bertz CT molecular complexity index is 925. The molecule has 0 fully saturated rings. The SMILES string of the molecule is CCCCCN(C(=O)C(C)NC(=O)OC(C)(C)C)C(C(=O)NCCC(=O)OCC)c1cc(C)ccc1C. The molecule has 208 valence electrons. The average molecular weight is 520 g/mol. The quantitative estimate of drug-likeness (QED) is 0.296. The van der Waals surface area contributed by atoms with Crippen LogP contribution in [0.3, 0.4) is 0 Å². The fourth-order valence-corrected chi connectivity index (χ4v) is 3.82. The maximum Gasteiger partial charge on any atom is 0.408 e. The number of ether oxygens (including phenoxy) is 2. The third-order valence-electron chi connectivity index (χ3n) is 5.61. The first-order chi connectivity index (χ1) is 17.3. The monoisotopic (exact) mass is 519 g/mol. The number of hydrogen-bond donors (Lipinski definition) is 2. The van der Waals surface area contributed by atoms with Crippen LogP contribution in [0.2, 0.25) is 0 Å². The summed E-state index contributed by atoms with van der Waals surface area (Å²) in [4.78, 5) is 53.0. The van der Waals surface area contributed by atoms with E-state index in [1.807, 2.05) is 32.0 Å². The number of benzene rings is 1. The highest BCUT2D eigenvalue weighted by Crippen LogP contribution is 2.27. The Morgan fingerprint density at radius 2 is 1.73 bits per heavy atom. The van der Waals surface area contributed by atoms with E-state index in [-0.39, 0.29) is 19.6 Å². The largest absolute Gasteiger partial charge is 0.466 e. The highest BCUT2D eigenvalue weighted by atomic mass is 16.6. The Kier molecular flexibility index (Phi) is 13.1. The summed E-state index contributed by atoms with van der Waals surface area (Å²) in [6, 6.07) is 3.91. The summed E-state index contributed by atoms with van der Waals surface area (Å²) in [5, 5.41) is 5.41. The molecule has 0 aromatic heterocycles. The van der Waals surface area contributed by atoms with E-state index in [1.54, 1.807) is 34.6 Å². The second-order valence-electron chi connectivity index (χ2n) is 10.2. The molecule has 1 aromatic rings. The van der Waals surface area contributed by atoms with Gasteiger partial charge in [-0.2, -0.15) is 0 Å². The summed E-state index contributed by atoms with van der Waals surface area (Å²) in [7, 11) is 0. The van der Waals surface area contributed by atoms with Gasteiger partial charge in [0.2, 0.25) is 11.8 Å². The van der Waals surface area contributed by atoms with Crippen molar-refractivity contribution >= 4 is 23.9 Å². The maximum absolute atomic E-state index is 13.7. The van der Waals surface area contributed by atoms with Crippen molar-refractivity contribution in [1.82, 2.24) is 15.5 Å². The van der Waals surface area contributed by atoms with E-state index in [0.29, 0.717) is 18.5 Å². The van der Waals surface area contributed by atoms with Crippen LogP contribution >= 0.6 is 0 Å². The lowest BCUT2D eigenvalue weighted by atomic mass is 9.96. The molecule has 1 rings (SSSR count). The van der Waals surface area contributed by atoms with E-state index in [1.165, 1.54) is 4.90 Å². The molecule has 9 heteroatoms. The van der Waals surface area contributed by atoms with Gasteiger partial charge in [-0.3, -0.25) is 14.4 Å². The molecule has 0 aliphatic heterocycles. The van der Waals surface area contributed by atoms with Crippen LogP contribution in [-0.4, -0.2) is 60.1 Å². The summed E-state index contributed by atoms with van der Waals surface area (Å²) in [6.07, 6.45) is 1.83. The van der Waals surface area contributed by atoms with E-state index in [0.717, 1.165) is 24.0 Å². The lowest BCUT2D eigenvalue weighted by Gasteiger charge is -2.34. The van der Waals surface area contributed by atoms with Crippen molar-refractivity contribution < 1.29 is 28.7 Å². The first-order valence-corrected chi connectivity index (χ1v) is 13.1. The van der Waals surface area contributed by atoms with Crippen molar-refractivity contribution in [3.63, 3.8) is 0 Å². The van der Waals surface area contributed by atoms with Gasteiger partial charge in [0.05, 0.1) is 13.0 Å². The van der Waals surface area contributed by atoms with Crippen molar-refractivity contribution in [2.75, 3.05) is 19.7 Å². The molecule has 0 aliphatic carbocycles. The molecule has 0 saturated carbocycles. The summed E-state index contributed by atoms with van der Waals surface area (Å²) >= 11 is 0. The highest BCUT2D eigenvalue weighted by molar-refractivity contribution is 5.92. The molecule has 1 aromatic carbocycles. The third kappa shape index (κ3) is 11.2. The predicted octanol–water partition coefficient (Wildman–Crippen LogP) is 4.35. The normalized spacial score (nSPS) is 12.8. The zero-order valence-corrected chi connectivity index (χ0v) is 23.7. The molecule has 2 N–H and O–H groups in total. The smallest absolute Gasteiger partial charge is 0.408 e. The number of hydrogen-bond acceptors (Lipinski definition) is 6. The molecular formula is C28H45N3O6. The first-order valence-electron chi connectivity index (χ1n) is 13.1. The Morgan fingerprint density at radius 1 is 1.05 bits per heavy atom. The number of esters is 1. The van der Waals surface area contributed by atoms with Gasteiger partial charge in [-0.25, -0.2) is 4.79 Å². The van der Waals surface area contributed by atoms with Gasteiger partial charge in [0.15, 0.2) is 0 Å². The van der Waals surface area contributed by atoms with Crippen LogP contribution in [0.25, 0.3) is 0 Å². The van der Waals surface area contributed by atoms with E-state index in [4.69, 9.17) is 9.47 Å². The number of amides is 3. The fourth-order valence-electron chi connectivity index (χ4n) is 3.82. The number of rotatable bonds is 13. The molecule has 0 heterocycles. The number of nitrogens with one attached hydrogen (secondary N) is 2. The summed E-state index contributed by atoms with van der Waals surface area (Å²) < 4.78 is 10.3. The summed E-state index contributed by atoms with van der Waals surface area (Å²) in [5.74, 6) is -1.20.